The van der Waals surface area contributed by atoms with Gasteiger partial charge in [-0.2, -0.15) is 0 Å². The van der Waals surface area contributed by atoms with Crippen LogP contribution in [-0.2, 0) is 9.53 Å². The van der Waals surface area contributed by atoms with Crippen molar-refractivity contribution in [2.75, 3.05) is 19.0 Å². The number of nitrogens with one attached hydrogen (secondary N) is 3. The SMILES string of the molecule is COCCC(NC(=O)c1cccc(NC(=O)NC(C)C)c1)C(=O)O. The van der Waals surface area contributed by atoms with E-state index in [1.54, 1.807) is 12.1 Å². The summed E-state index contributed by atoms with van der Waals surface area (Å²) in [5.41, 5.74) is 0.686. The van der Waals surface area contributed by atoms with E-state index in [0.29, 0.717) is 5.69 Å². The van der Waals surface area contributed by atoms with Crippen LogP contribution in [0.1, 0.15) is 30.6 Å². The number of carboxylic acids is 1. The molecular weight excluding hydrogens is 314 g/mol. The van der Waals surface area contributed by atoms with Crippen LogP contribution in [0.25, 0.3) is 0 Å². The van der Waals surface area contributed by atoms with E-state index in [4.69, 9.17) is 9.84 Å². The highest BCUT2D eigenvalue weighted by Crippen LogP contribution is 2.11. The zero-order chi connectivity index (χ0) is 18.1. The molecule has 0 spiro atoms. The number of methoxy groups -OCH3 is 1. The fourth-order valence-electron chi connectivity index (χ4n) is 1.90. The van der Waals surface area contributed by atoms with Gasteiger partial charge >= 0.3 is 12.0 Å². The van der Waals surface area contributed by atoms with E-state index in [0.717, 1.165) is 0 Å². The molecule has 0 aliphatic carbocycles. The van der Waals surface area contributed by atoms with Crippen molar-refractivity contribution in [2.45, 2.75) is 32.4 Å². The average molecular weight is 337 g/mol. The Kier molecular flexibility index (Phi) is 7.70. The van der Waals surface area contributed by atoms with Crippen LogP contribution >= 0.6 is 0 Å². The summed E-state index contributed by atoms with van der Waals surface area (Å²) in [7, 11) is 1.46. The molecule has 0 aliphatic rings. The van der Waals surface area contributed by atoms with Gasteiger partial charge < -0.3 is 25.8 Å². The molecule has 0 bridgehead atoms. The van der Waals surface area contributed by atoms with Gasteiger partial charge in [-0.3, -0.25) is 4.79 Å². The second-order valence-corrected chi connectivity index (χ2v) is 5.48. The summed E-state index contributed by atoms with van der Waals surface area (Å²) < 4.78 is 4.84. The lowest BCUT2D eigenvalue weighted by Gasteiger charge is -2.15. The second kappa shape index (κ2) is 9.51. The molecule has 0 aromatic heterocycles. The minimum atomic E-state index is -1.13. The first-order valence-electron chi connectivity index (χ1n) is 7.53. The van der Waals surface area contributed by atoms with Crippen LogP contribution in [0.4, 0.5) is 10.5 Å². The number of anilines is 1. The summed E-state index contributed by atoms with van der Waals surface area (Å²) in [6.07, 6.45) is 0.159. The summed E-state index contributed by atoms with van der Waals surface area (Å²) in [5, 5.41) is 16.8. The zero-order valence-corrected chi connectivity index (χ0v) is 14.0. The largest absolute Gasteiger partial charge is 0.480 e. The number of carbonyl (C=O) groups excluding carboxylic acids is 2. The lowest BCUT2D eigenvalue weighted by molar-refractivity contribution is -0.139. The normalized spacial score (nSPS) is 11.7. The Labute approximate surface area is 140 Å². The summed E-state index contributed by atoms with van der Waals surface area (Å²) in [6, 6.07) is 4.81. The Balaban J connectivity index is 2.75. The predicted molar refractivity (Wildman–Crippen MR) is 89.1 cm³/mol. The van der Waals surface area contributed by atoms with Gasteiger partial charge in [0.15, 0.2) is 0 Å². The standard InChI is InChI=1S/C16H23N3O5/c1-10(2)17-16(23)18-12-6-4-5-11(9-12)14(20)19-13(15(21)22)7-8-24-3/h4-6,9-10,13H,7-8H2,1-3H3,(H,19,20)(H,21,22)(H2,17,18,23). The molecule has 8 nitrogen and oxygen atoms in total. The molecule has 0 saturated heterocycles. The van der Waals surface area contributed by atoms with Gasteiger partial charge in [0.2, 0.25) is 0 Å². The second-order valence-electron chi connectivity index (χ2n) is 5.48. The summed E-state index contributed by atoms with van der Waals surface area (Å²) in [5.74, 6) is -1.67. The van der Waals surface area contributed by atoms with Crippen LogP contribution < -0.4 is 16.0 Å². The Morgan fingerprint density at radius 2 is 1.92 bits per heavy atom. The van der Waals surface area contributed by atoms with E-state index in [1.807, 2.05) is 13.8 Å². The number of aliphatic carboxylic acids is 1. The first-order valence-corrected chi connectivity index (χ1v) is 7.53. The van der Waals surface area contributed by atoms with Crippen molar-refractivity contribution in [1.82, 2.24) is 10.6 Å². The van der Waals surface area contributed by atoms with Crippen LogP contribution in [0, 0.1) is 0 Å². The number of benzene rings is 1. The molecule has 1 unspecified atom stereocenters. The number of hydrogen-bond donors (Lipinski definition) is 4. The van der Waals surface area contributed by atoms with Crippen LogP contribution in [0.3, 0.4) is 0 Å². The number of carbonyl (C=O) groups is 3. The topological polar surface area (TPSA) is 117 Å². The van der Waals surface area contributed by atoms with Gasteiger partial charge in [-0.05, 0) is 32.0 Å². The molecule has 1 rings (SSSR count). The van der Waals surface area contributed by atoms with E-state index < -0.39 is 17.9 Å². The number of rotatable bonds is 8. The maximum absolute atomic E-state index is 12.2. The predicted octanol–water partition coefficient (Wildman–Crippen LogP) is 1.44. The van der Waals surface area contributed by atoms with E-state index in [9.17, 15) is 14.4 Å². The maximum atomic E-state index is 12.2. The molecule has 0 radical (unpaired) electrons. The molecule has 24 heavy (non-hydrogen) atoms. The van der Waals surface area contributed by atoms with Gasteiger partial charge in [-0.25, -0.2) is 9.59 Å². The van der Waals surface area contributed by atoms with Crippen LogP contribution in [-0.4, -0.2) is 48.8 Å². The smallest absolute Gasteiger partial charge is 0.326 e. The lowest BCUT2D eigenvalue weighted by Crippen LogP contribution is -2.41. The third-order valence-electron chi connectivity index (χ3n) is 3.02. The zero-order valence-electron chi connectivity index (χ0n) is 14.0. The van der Waals surface area contributed by atoms with Crippen molar-refractivity contribution < 1.29 is 24.2 Å². The average Bonchev–Trinajstić information content (AvgIpc) is 2.50. The minimum Gasteiger partial charge on any atom is -0.480 e. The molecule has 0 saturated carbocycles. The Morgan fingerprint density at radius 3 is 2.50 bits per heavy atom. The number of hydrogen-bond acceptors (Lipinski definition) is 4. The number of carboxylic acid groups (broad SMARTS) is 1. The summed E-state index contributed by atoms with van der Waals surface area (Å²) in [4.78, 5) is 35.0. The Hall–Kier alpha value is -2.61. The quantitative estimate of drug-likeness (QED) is 0.573. The molecule has 0 fully saturated rings. The molecule has 1 aromatic carbocycles. The van der Waals surface area contributed by atoms with Crippen molar-refractivity contribution in [1.29, 1.82) is 0 Å². The highest BCUT2D eigenvalue weighted by molar-refractivity contribution is 5.98. The molecule has 3 amide bonds. The molecule has 0 aliphatic heterocycles. The Morgan fingerprint density at radius 1 is 1.21 bits per heavy atom. The third kappa shape index (κ3) is 6.66. The molecule has 1 aromatic rings. The van der Waals surface area contributed by atoms with Gasteiger partial charge in [-0.1, -0.05) is 6.07 Å². The van der Waals surface area contributed by atoms with Gasteiger partial charge in [-0.15, -0.1) is 0 Å². The van der Waals surface area contributed by atoms with Crippen molar-refractivity contribution in [3.63, 3.8) is 0 Å². The fraction of sp³-hybridized carbons (Fsp3) is 0.438. The molecule has 1 atom stereocenters. The maximum Gasteiger partial charge on any atom is 0.326 e. The third-order valence-corrected chi connectivity index (χ3v) is 3.02. The van der Waals surface area contributed by atoms with E-state index in [-0.39, 0.29) is 30.7 Å². The lowest BCUT2D eigenvalue weighted by atomic mass is 10.1. The molecule has 132 valence electrons. The molecule has 4 N–H and O–H groups in total. The highest BCUT2D eigenvalue weighted by Gasteiger charge is 2.20. The first-order chi connectivity index (χ1) is 11.3. The van der Waals surface area contributed by atoms with Gasteiger partial charge in [0, 0.05) is 37.4 Å². The van der Waals surface area contributed by atoms with Crippen LogP contribution in [0.5, 0.6) is 0 Å². The van der Waals surface area contributed by atoms with Crippen LogP contribution in [0.15, 0.2) is 24.3 Å². The number of amides is 3. The van der Waals surface area contributed by atoms with Crippen molar-refractivity contribution in [3.05, 3.63) is 29.8 Å². The number of ether oxygens (including phenoxy) is 1. The van der Waals surface area contributed by atoms with Gasteiger partial charge in [0.1, 0.15) is 6.04 Å². The minimum absolute atomic E-state index is 0.0198. The van der Waals surface area contributed by atoms with Gasteiger partial charge in [0.05, 0.1) is 0 Å². The molecular formula is C16H23N3O5. The van der Waals surface area contributed by atoms with Crippen molar-refractivity contribution in [3.8, 4) is 0 Å². The van der Waals surface area contributed by atoms with E-state index >= 15 is 0 Å². The summed E-state index contributed by atoms with van der Waals surface area (Å²) in [6.45, 7) is 3.87. The first kappa shape index (κ1) is 19.4. The van der Waals surface area contributed by atoms with Crippen LogP contribution in [0.2, 0.25) is 0 Å². The molecule has 8 heteroatoms. The van der Waals surface area contributed by atoms with E-state index in [1.165, 1.54) is 19.2 Å². The molecule has 0 heterocycles. The van der Waals surface area contributed by atoms with Crippen molar-refractivity contribution >= 4 is 23.6 Å². The fourth-order valence-corrected chi connectivity index (χ4v) is 1.90. The number of urea groups is 1. The van der Waals surface area contributed by atoms with Crippen molar-refractivity contribution in [2.24, 2.45) is 0 Å². The monoisotopic (exact) mass is 337 g/mol. The van der Waals surface area contributed by atoms with Gasteiger partial charge in [0.25, 0.3) is 5.91 Å². The van der Waals surface area contributed by atoms with E-state index in [2.05, 4.69) is 16.0 Å². The highest BCUT2D eigenvalue weighted by atomic mass is 16.5. The summed E-state index contributed by atoms with van der Waals surface area (Å²) >= 11 is 0. The Bertz CT molecular complexity index is 589.